The van der Waals surface area contributed by atoms with Crippen LogP contribution in [0.4, 0.5) is 14.5 Å². The van der Waals surface area contributed by atoms with Crippen LogP contribution in [-0.2, 0) is 14.6 Å². The number of anilines is 1. The van der Waals surface area contributed by atoms with E-state index in [1.807, 2.05) is 0 Å². The number of alkyl halides is 2. The van der Waals surface area contributed by atoms with Gasteiger partial charge in [-0.05, 0) is 42.5 Å². The number of carbonyl (C=O) groups excluding carboxylic acids is 1. The minimum Gasteiger partial charge on any atom is -0.370 e. The molecule has 2 aliphatic rings. The zero-order chi connectivity index (χ0) is 26.5. The minimum absolute atomic E-state index is 0.0760. The Morgan fingerprint density at radius 1 is 1.19 bits per heavy atom. The van der Waals surface area contributed by atoms with Crippen LogP contribution in [0.5, 0.6) is 0 Å². The van der Waals surface area contributed by atoms with Crippen LogP contribution in [0.25, 0.3) is 11.0 Å². The summed E-state index contributed by atoms with van der Waals surface area (Å²) in [5, 5.41) is 0.545. The number of nitrogens with zero attached hydrogens (tertiary/aromatic N) is 2. The number of imidazole rings is 1. The summed E-state index contributed by atoms with van der Waals surface area (Å²) in [5.74, 6) is -3.09. The average Bonchev–Trinajstić information content (AvgIpc) is 3.53. The lowest BCUT2D eigenvalue weighted by Crippen LogP contribution is -2.39. The molecule has 0 unspecified atom stereocenters. The Balaban J connectivity index is 1.48. The molecular formula is C25H26Cl2F2N4O3S. The number of sulfone groups is 1. The van der Waals surface area contributed by atoms with Gasteiger partial charge in [-0.25, -0.2) is 22.2 Å². The Bertz CT molecular complexity index is 1450. The van der Waals surface area contributed by atoms with E-state index in [0.29, 0.717) is 28.1 Å². The molecule has 1 saturated heterocycles. The number of halogens is 4. The maximum absolute atomic E-state index is 13.7. The monoisotopic (exact) mass is 570 g/mol. The van der Waals surface area contributed by atoms with Crippen molar-refractivity contribution in [1.29, 1.82) is 0 Å². The molecule has 1 saturated carbocycles. The predicted molar refractivity (Wildman–Crippen MR) is 139 cm³/mol. The van der Waals surface area contributed by atoms with E-state index >= 15 is 0 Å². The first-order valence-electron chi connectivity index (χ1n) is 12.0. The van der Waals surface area contributed by atoms with Crippen LogP contribution in [0.15, 0.2) is 35.2 Å². The predicted octanol–water partition coefficient (Wildman–Crippen LogP) is 5.30. The van der Waals surface area contributed by atoms with Crippen molar-refractivity contribution in [3.63, 3.8) is 0 Å². The van der Waals surface area contributed by atoms with Crippen LogP contribution < -0.4 is 10.6 Å². The number of piperidine rings is 1. The summed E-state index contributed by atoms with van der Waals surface area (Å²) in [5.41, 5.74) is 7.56. The molecule has 1 aliphatic carbocycles. The summed E-state index contributed by atoms with van der Waals surface area (Å²) in [6, 6.07) is 8.01. The van der Waals surface area contributed by atoms with Crippen molar-refractivity contribution in [3.05, 3.63) is 51.8 Å². The molecule has 2 heterocycles. The van der Waals surface area contributed by atoms with E-state index in [9.17, 15) is 22.0 Å². The third kappa shape index (κ3) is 5.56. The number of benzene rings is 2. The van der Waals surface area contributed by atoms with E-state index in [4.69, 9.17) is 28.9 Å². The standard InChI is InChI=1S/C25H26Cl2F2N4O3S/c26-18-12-19-22(21(27)23(18)33-9-7-25(28,29)8-10-33)32-24(31-19)17(11-20(30)34)15-3-5-16(6-4-15)37(35,36)13-14-1-2-14/h3-6,12,14,17H,1-2,7-11,13H2,(H2,30,34)(H,31,32)/t17-/m0/s1. The molecule has 1 aliphatic heterocycles. The highest BCUT2D eigenvalue weighted by molar-refractivity contribution is 7.91. The van der Waals surface area contributed by atoms with Crippen LogP contribution in [0.2, 0.25) is 10.0 Å². The normalized spacial score (nSPS) is 18.8. The number of nitrogens with one attached hydrogen (secondary N) is 1. The molecule has 0 radical (unpaired) electrons. The highest BCUT2D eigenvalue weighted by atomic mass is 35.5. The summed E-state index contributed by atoms with van der Waals surface area (Å²) >= 11 is 13.2. The van der Waals surface area contributed by atoms with Gasteiger partial charge in [0.1, 0.15) is 5.82 Å². The summed E-state index contributed by atoms with van der Waals surface area (Å²) in [7, 11) is -3.38. The van der Waals surface area contributed by atoms with Crippen LogP contribution in [-0.4, -0.2) is 49.1 Å². The molecule has 1 atom stereocenters. The Kier molecular flexibility index (Phi) is 6.87. The van der Waals surface area contributed by atoms with Crippen molar-refractivity contribution in [1.82, 2.24) is 9.97 Å². The lowest BCUT2D eigenvalue weighted by Gasteiger charge is -2.34. The first-order chi connectivity index (χ1) is 17.4. The molecule has 7 nitrogen and oxygen atoms in total. The molecule has 3 N–H and O–H groups in total. The van der Waals surface area contributed by atoms with Gasteiger partial charge in [-0.3, -0.25) is 4.79 Å². The number of rotatable bonds is 8. The van der Waals surface area contributed by atoms with Gasteiger partial charge in [0.25, 0.3) is 5.92 Å². The van der Waals surface area contributed by atoms with Gasteiger partial charge >= 0.3 is 0 Å². The Hall–Kier alpha value is -2.43. The highest BCUT2D eigenvalue weighted by Crippen LogP contribution is 2.42. The Morgan fingerprint density at radius 3 is 2.43 bits per heavy atom. The number of H-pyrrole nitrogens is 1. The Morgan fingerprint density at radius 2 is 1.84 bits per heavy atom. The molecular weight excluding hydrogens is 545 g/mol. The highest BCUT2D eigenvalue weighted by Gasteiger charge is 2.36. The summed E-state index contributed by atoms with van der Waals surface area (Å²) in [6.45, 7) is 0.221. The van der Waals surface area contributed by atoms with Crippen LogP contribution in [0, 0.1) is 5.92 Å². The molecule has 1 aromatic heterocycles. The molecule has 37 heavy (non-hydrogen) atoms. The smallest absolute Gasteiger partial charge is 0.251 e. The second-order valence-electron chi connectivity index (χ2n) is 9.90. The molecule has 3 aromatic rings. The lowest BCUT2D eigenvalue weighted by molar-refractivity contribution is -0.118. The maximum atomic E-state index is 13.7. The summed E-state index contributed by atoms with van der Waals surface area (Å²) in [6.07, 6.45) is 1.20. The number of hydrogen-bond donors (Lipinski definition) is 2. The molecule has 2 fully saturated rings. The molecule has 1 amide bonds. The molecule has 0 spiro atoms. The van der Waals surface area contributed by atoms with E-state index in [0.717, 1.165) is 12.8 Å². The zero-order valence-electron chi connectivity index (χ0n) is 19.8. The molecule has 5 rings (SSSR count). The second kappa shape index (κ2) is 9.71. The minimum atomic E-state index is -3.38. The molecule has 12 heteroatoms. The van der Waals surface area contributed by atoms with E-state index in [1.165, 1.54) is 12.1 Å². The first kappa shape index (κ1) is 26.2. The zero-order valence-corrected chi connectivity index (χ0v) is 22.1. The fourth-order valence-corrected chi connectivity index (χ4v) is 7.20. The topological polar surface area (TPSA) is 109 Å². The van der Waals surface area contributed by atoms with E-state index in [2.05, 4.69) is 9.97 Å². The SMILES string of the molecule is NC(=O)C[C@@H](c1ccc(S(=O)(=O)CC2CC2)cc1)c1nc2cc(Cl)c(N3CCC(F)(F)CC3)c(Cl)c2[nH]1. The quantitative estimate of drug-likeness (QED) is 0.382. The number of nitrogens with two attached hydrogens (primary N) is 1. The molecule has 198 valence electrons. The van der Waals surface area contributed by atoms with Gasteiger partial charge < -0.3 is 15.6 Å². The van der Waals surface area contributed by atoms with Crippen molar-refractivity contribution < 1.29 is 22.0 Å². The number of amides is 1. The number of aromatic amines is 1. The molecule has 2 aromatic carbocycles. The van der Waals surface area contributed by atoms with Gasteiger partial charge in [0.2, 0.25) is 5.91 Å². The van der Waals surface area contributed by atoms with Gasteiger partial charge in [0.05, 0.1) is 43.3 Å². The van der Waals surface area contributed by atoms with Crippen LogP contribution in [0.3, 0.4) is 0 Å². The van der Waals surface area contributed by atoms with Crippen molar-refractivity contribution in [2.75, 3.05) is 23.7 Å². The number of hydrogen-bond acceptors (Lipinski definition) is 5. The first-order valence-corrected chi connectivity index (χ1v) is 14.5. The number of aromatic nitrogens is 2. The number of fused-ring (bicyclic) bond motifs is 1. The number of primary amides is 1. The third-order valence-corrected chi connectivity index (χ3v) is 9.56. The van der Waals surface area contributed by atoms with E-state index in [1.54, 1.807) is 23.1 Å². The number of carbonyl (C=O) groups is 1. The third-order valence-electron chi connectivity index (χ3n) is 7.01. The largest absolute Gasteiger partial charge is 0.370 e. The average molecular weight is 571 g/mol. The maximum Gasteiger partial charge on any atom is 0.251 e. The second-order valence-corrected chi connectivity index (χ2v) is 12.7. The molecule has 0 bridgehead atoms. The summed E-state index contributed by atoms with van der Waals surface area (Å²) in [4.78, 5) is 21.7. The van der Waals surface area contributed by atoms with E-state index < -0.39 is 27.6 Å². The fraction of sp³-hybridized carbons (Fsp3) is 0.440. The van der Waals surface area contributed by atoms with Gasteiger partial charge in [0, 0.05) is 32.4 Å². The van der Waals surface area contributed by atoms with Gasteiger partial charge in [0.15, 0.2) is 9.84 Å². The van der Waals surface area contributed by atoms with Crippen molar-refractivity contribution in [2.24, 2.45) is 11.7 Å². The fourth-order valence-electron chi connectivity index (χ4n) is 4.77. The van der Waals surface area contributed by atoms with Crippen molar-refractivity contribution >= 4 is 55.7 Å². The van der Waals surface area contributed by atoms with Crippen LogP contribution >= 0.6 is 23.2 Å². The van der Waals surface area contributed by atoms with Crippen molar-refractivity contribution in [2.45, 2.75) is 48.8 Å². The van der Waals surface area contributed by atoms with Crippen molar-refractivity contribution in [3.8, 4) is 0 Å². The Labute approximate surface area is 223 Å². The van der Waals surface area contributed by atoms with Gasteiger partial charge in [-0.2, -0.15) is 0 Å². The van der Waals surface area contributed by atoms with Crippen LogP contribution in [0.1, 0.15) is 49.4 Å². The van der Waals surface area contributed by atoms with Gasteiger partial charge in [-0.15, -0.1) is 0 Å². The van der Waals surface area contributed by atoms with Gasteiger partial charge in [-0.1, -0.05) is 35.3 Å². The van der Waals surface area contributed by atoms with E-state index in [-0.39, 0.29) is 59.0 Å². The lowest BCUT2D eigenvalue weighted by atomic mass is 9.95. The summed E-state index contributed by atoms with van der Waals surface area (Å²) < 4.78 is 52.6.